The fourth-order valence-electron chi connectivity index (χ4n) is 2.83. The lowest BCUT2D eigenvalue weighted by atomic mass is 10.1. The second-order valence-electron chi connectivity index (χ2n) is 6.61. The second kappa shape index (κ2) is 9.69. The largest absolute Gasteiger partial charge is 0.495 e. The van der Waals surface area contributed by atoms with E-state index < -0.39 is 0 Å². The predicted octanol–water partition coefficient (Wildman–Crippen LogP) is 4.43. The number of halogens is 2. The maximum atomic E-state index is 12.4. The van der Waals surface area contributed by atoms with Gasteiger partial charge in [0.1, 0.15) is 18.1 Å². The molecule has 0 spiro atoms. The molecule has 1 aliphatic heterocycles. The average Bonchev–Trinajstić information content (AvgIpc) is 2.71. The summed E-state index contributed by atoms with van der Waals surface area (Å²) in [4.78, 5) is 26.0. The minimum atomic E-state index is -0.372. The molecule has 0 saturated heterocycles. The van der Waals surface area contributed by atoms with E-state index in [-0.39, 0.29) is 18.4 Å². The van der Waals surface area contributed by atoms with Gasteiger partial charge in [0.2, 0.25) is 11.8 Å². The summed E-state index contributed by atoms with van der Waals surface area (Å²) < 4.78 is 10.9. The molecule has 0 fully saturated rings. The van der Waals surface area contributed by atoms with Gasteiger partial charge in [-0.1, -0.05) is 29.3 Å². The van der Waals surface area contributed by atoms with Crippen LogP contribution >= 0.6 is 23.2 Å². The van der Waals surface area contributed by atoms with Crippen LogP contribution in [0.4, 0.5) is 5.69 Å². The van der Waals surface area contributed by atoms with Crippen molar-refractivity contribution in [3.8, 4) is 11.5 Å². The summed E-state index contributed by atoms with van der Waals surface area (Å²) in [6.07, 6.45) is 4.98. The Kier molecular flexibility index (Phi) is 7.03. The van der Waals surface area contributed by atoms with Gasteiger partial charge in [0.05, 0.1) is 19.3 Å². The quantitative estimate of drug-likeness (QED) is 0.666. The molecular formula is C22H20Cl2N2O4. The number of rotatable bonds is 6. The van der Waals surface area contributed by atoms with Crippen molar-refractivity contribution in [3.05, 3.63) is 69.7 Å². The van der Waals surface area contributed by atoms with Gasteiger partial charge < -0.3 is 19.7 Å². The van der Waals surface area contributed by atoms with Gasteiger partial charge in [0.25, 0.3) is 0 Å². The molecule has 0 saturated carbocycles. The first-order valence-electron chi connectivity index (χ1n) is 9.05. The van der Waals surface area contributed by atoms with Crippen LogP contribution in [0.1, 0.15) is 5.56 Å². The number of benzene rings is 2. The molecule has 0 bridgehead atoms. The van der Waals surface area contributed by atoms with Crippen molar-refractivity contribution >= 4 is 46.8 Å². The van der Waals surface area contributed by atoms with Crippen molar-refractivity contribution in [1.29, 1.82) is 0 Å². The van der Waals surface area contributed by atoms with Crippen molar-refractivity contribution in [2.75, 3.05) is 32.6 Å². The van der Waals surface area contributed by atoms with E-state index in [0.29, 0.717) is 28.1 Å². The molecule has 8 heteroatoms. The van der Waals surface area contributed by atoms with Crippen molar-refractivity contribution in [1.82, 2.24) is 4.90 Å². The van der Waals surface area contributed by atoms with Crippen LogP contribution in [-0.2, 0) is 9.59 Å². The molecule has 0 unspecified atom stereocenters. The standard InChI is InChI=1S/C22H20Cl2N2O4/c1-26(12-21(27)25-18-11-17(24)5-7-20(18)29-2)22(28)8-3-14-9-15-10-16(23)4-6-19(15)30-13-14/h3-11H,12-13H2,1-2H3,(H,25,27)/b8-3+. The average molecular weight is 447 g/mol. The molecule has 1 N–H and O–H groups in total. The van der Waals surface area contributed by atoms with E-state index in [4.69, 9.17) is 32.7 Å². The second-order valence-corrected chi connectivity index (χ2v) is 7.48. The van der Waals surface area contributed by atoms with Gasteiger partial charge in [-0.25, -0.2) is 0 Å². The molecule has 3 rings (SSSR count). The van der Waals surface area contributed by atoms with Gasteiger partial charge in [-0.15, -0.1) is 0 Å². The van der Waals surface area contributed by atoms with Gasteiger partial charge in [0.15, 0.2) is 0 Å². The first-order chi connectivity index (χ1) is 14.4. The lowest BCUT2D eigenvalue weighted by Crippen LogP contribution is -2.34. The van der Waals surface area contributed by atoms with E-state index in [2.05, 4.69) is 5.32 Å². The summed E-state index contributed by atoms with van der Waals surface area (Å²) in [5.74, 6) is 0.531. The third-order valence-corrected chi connectivity index (χ3v) is 4.81. The zero-order valence-electron chi connectivity index (χ0n) is 16.4. The first kappa shape index (κ1) is 21.7. The number of likely N-dealkylation sites (N-methyl/N-ethyl adjacent to an activating group) is 1. The first-order valence-corrected chi connectivity index (χ1v) is 9.81. The molecule has 0 atom stereocenters. The number of methoxy groups -OCH3 is 1. The fraction of sp³-hybridized carbons (Fsp3) is 0.182. The normalized spacial score (nSPS) is 12.6. The van der Waals surface area contributed by atoms with Crippen LogP contribution in [-0.4, -0.2) is 44.0 Å². The Morgan fingerprint density at radius 3 is 2.70 bits per heavy atom. The summed E-state index contributed by atoms with van der Waals surface area (Å²) in [5, 5.41) is 3.77. The molecule has 1 aliphatic rings. The Balaban J connectivity index is 1.59. The number of carbonyl (C=O) groups is 2. The lowest BCUT2D eigenvalue weighted by molar-refractivity contribution is -0.129. The number of hydrogen-bond acceptors (Lipinski definition) is 4. The van der Waals surface area contributed by atoms with Crippen LogP contribution in [0.3, 0.4) is 0 Å². The summed E-state index contributed by atoms with van der Waals surface area (Å²) in [7, 11) is 3.04. The van der Waals surface area contributed by atoms with E-state index in [0.717, 1.165) is 16.9 Å². The fourth-order valence-corrected chi connectivity index (χ4v) is 3.18. The zero-order chi connectivity index (χ0) is 21.7. The number of amides is 2. The highest BCUT2D eigenvalue weighted by Crippen LogP contribution is 2.29. The molecule has 6 nitrogen and oxygen atoms in total. The van der Waals surface area contributed by atoms with E-state index in [1.54, 1.807) is 49.5 Å². The monoisotopic (exact) mass is 446 g/mol. The zero-order valence-corrected chi connectivity index (χ0v) is 18.0. The Morgan fingerprint density at radius 2 is 1.93 bits per heavy atom. The minimum absolute atomic E-state index is 0.132. The van der Waals surface area contributed by atoms with Gasteiger partial charge in [0, 0.05) is 28.7 Å². The van der Waals surface area contributed by atoms with Gasteiger partial charge in [-0.2, -0.15) is 0 Å². The van der Waals surface area contributed by atoms with Crippen molar-refractivity contribution < 1.29 is 19.1 Å². The van der Waals surface area contributed by atoms with E-state index in [9.17, 15) is 9.59 Å². The van der Waals surface area contributed by atoms with E-state index in [1.807, 2.05) is 6.08 Å². The van der Waals surface area contributed by atoms with Crippen molar-refractivity contribution in [2.24, 2.45) is 0 Å². The van der Waals surface area contributed by atoms with Crippen LogP contribution in [0.15, 0.2) is 54.1 Å². The Labute approximate surface area is 184 Å². The third-order valence-electron chi connectivity index (χ3n) is 4.34. The minimum Gasteiger partial charge on any atom is -0.495 e. The lowest BCUT2D eigenvalue weighted by Gasteiger charge is -2.17. The van der Waals surface area contributed by atoms with Crippen molar-refractivity contribution in [3.63, 3.8) is 0 Å². The molecule has 2 amide bonds. The molecule has 0 aliphatic carbocycles. The van der Waals surface area contributed by atoms with Crippen LogP contribution in [0.5, 0.6) is 11.5 Å². The molecule has 2 aromatic rings. The number of nitrogens with zero attached hydrogens (tertiary/aromatic N) is 1. The molecule has 30 heavy (non-hydrogen) atoms. The van der Waals surface area contributed by atoms with Crippen LogP contribution in [0, 0.1) is 0 Å². The highest BCUT2D eigenvalue weighted by atomic mass is 35.5. The van der Waals surface area contributed by atoms with E-state index >= 15 is 0 Å². The summed E-state index contributed by atoms with van der Waals surface area (Å²) in [5.41, 5.74) is 2.11. The van der Waals surface area contributed by atoms with Gasteiger partial charge in [-0.05, 0) is 48.0 Å². The number of ether oxygens (including phenoxy) is 2. The molecule has 0 aromatic heterocycles. The van der Waals surface area contributed by atoms with E-state index in [1.165, 1.54) is 18.1 Å². The maximum Gasteiger partial charge on any atom is 0.246 e. The third kappa shape index (κ3) is 5.55. The number of fused-ring (bicyclic) bond motifs is 1. The number of hydrogen-bond donors (Lipinski definition) is 1. The number of anilines is 1. The topological polar surface area (TPSA) is 67.9 Å². The highest BCUT2D eigenvalue weighted by Gasteiger charge is 2.14. The van der Waals surface area contributed by atoms with Gasteiger partial charge >= 0.3 is 0 Å². The number of carbonyl (C=O) groups excluding carboxylic acids is 2. The van der Waals surface area contributed by atoms with Crippen LogP contribution < -0.4 is 14.8 Å². The maximum absolute atomic E-state index is 12.4. The van der Waals surface area contributed by atoms with Crippen LogP contribution in [0.25, 0.3) is 6.08 Å². The Bertz CT molecular complexity index is 1030. The summed E-state index contributed by atoms with van der Waals surface area (Å²) in [6.45, 7) is 0.212. The smallest absolute Gasteiger partial charge is 0.246 e. The van der Waals surface area contributed by atoms with Crippen LogP contribution in [0.2, 0.25) is 10.0 Å². The van der Waals surface area contributed by atoms with Crippen molar-refractivity contribution in [2.45, 2.75) is 0 Å². The Morgan fingerprint density at radius 1 is 1.20 bits per heavy atom. The molecule has 156 valence electrons. The Hall–Kier alpha value is -2.96. The SMILES string of the molecule is COc1ccc(Cl)cc1NC(=O)CN(C)C(=O)/C=C/C1=Cc2cc(Cl)ccc2OC1. The number of nitrogens with one attached hydrogen (secondary N) is 1. The summed E-state index contributed by atoms with van der Waals surface area (Å²) >= 11 is 12.0. The highest BCUT2D eigenvalue weighted by molar-refractivity contribution is 6.31. The predicted molar refractivity (Wildman–Crippen MR) is 118 cm³/mol. The van der Waals surface area contributed by atoms with Gasteiger partial charge in [-0.3, -0.25) is 9.59 Å². The summed E-state index contributed by atoms with van der Waals surface area (Å²) in [6, 6.07) is 10.3. The molecule has 0 radical (unpaired) electrons. The molecular weight excluding hydrogens is 427 g/mol. The molecule has 1 heterocycles. The molecule has 2 aromatic carbocycles.